The molecule has 11 heteroatoms. The van der Waals surface area contributed by atoms with Gasteiger partial charge in [-0.15, -0.1) is 0 Å². The molecule has 0 radical (unpaired) electrons. The molecule has 0 unspecified atom stereocenters. The van der Waals surface area contributed by atoms with Crippen LogP contribution in [0, 0.1) is 10.1 Å². The van der Waals surface area contributed by atoms with E-state index >= 15 is 0 Å². The van der Waals surface area contributed by atoms with Crippen molar-refractivity contribution in [3.63, 3.8) is 0 Å². The lowest BCUT2D eigenvalue weighted by atomic mass is 10.3. The standard InChI is InChI=1S/C13H11N7O4/c21-12(15-7-9-2-1-4-14-6-9)13-16-10(18-24-13)8-19-5-3-11(17-19)20(22)23/h1-6H,7-8H2,(H,15,21). The second kappa shape index (κ2) is 6.64. The molecule has 0 saturated carbocycles. The lowest BCUT2D eigenvalue weighted by Crippen LogP contribution is -2.23. The minimum Gasteiger partial charge on any atom is -0.358 e. The van der Waals surface area contributed by atoms with E-state index in [1.807, 2.05) is 6.07 Å². The summed E-state index contributed by atoms with van der Waals surface area (Å²) in [5, 5.41) is 20.6. The fourth-order valence-corrected chi connectivity index (χ4v) is 1.85. The van der Waals surface area contributed by atoms with Gasteiger partial charge in [0.1, 0.15) is 6.54 Å². The zero-order valence-corrected chi connectivity index (χ0v) is 12.2. The van der Waals surface area contributed by atoms with Crippen LogP contribution in [-0.4, -0.2) is 35.7 Å². The summed E-state index contributed by atoms with van der Waals surface area (Å²) in [5.74, 6) is -0.827. The molecule has 0 aliphatic carbocycles. The summed E-state index contributed by atoms with van der Waals surface area (Å²) in [7, 11) is 0. The van der Waals surface area contributed by atoms with Gasteiger partial charge in [-0.05, 0) is 16.6 Å². The minimum absolute atomic E-state index is 0.0488. The Bertz CT molecular complexity index is 858. The molecule has 24 heavy (non-hydrogen) atoms. The zero-order valence-electron chi connectivity index (χ0n) is 12.2. The van der Waals surface area contributed by atoms with Crippen LogP contribution in [-0.2, 0) is 13.1 Å². The molecule has 3 aromatic heterocycles. The molecule has 0 fully saturated rings. The SMILES string of the molecule is O=C(NCc1cccnc1)c1nc(Cn2ccc([N+](=O)[O-])n2)no1. The number of hydrogen-bond donors (Lipinski definition) is 1. The molecule has 0 aliphatic rings. The Hall–Kier alpha value is -3.63. The van der Waals surface area contributed by atoms with E-state index in [0.29, 0.717) is 0 Å². The largest absolute Gasteiger partial charge is 0.389 e. The summed E-state index contributed by atoms with van der Waals surface area (Å²) in [6, 6.07) is 4.83. The van der Waals surface area contributed by atoms with Crippen LogP contribution in [0.3, 0.4) is 0 Å². The number of nitrogens with zero attached hydrogens (tertiary/aromatic N) is 6. The van der Waals surface area contributed by atoms with Crippen molar-refractivity contribution in [3.8, 4) is 0 Å². The van der Waals surface area contributed by atoms with Crippen molar-refractivity contribution >= 4 is 11.7 Å². The van der Waals surface area contributed by atoms with Gasteiger partial charge in [0, 0.05) is 18.9 Å². The van der Waals surface area contributed by atoms with E-state index < -0.39 is 10.8 Å². The number of carbonyl (C=O) groups excluding carboxylic acids is 1. The Morgan fingerprint density at radius 3 is 3.00 bits per heavy atom. The van der Waals surface area contributed by atoms with Crippen molar-refractivity contribution in [1.29, 1.82) is 0 Å². The van der Waals surface area contributed by atoms with E-state index in [1.54, 1.807) is 18.5 Å². The molecule has 3 rings (SSSR count). The van der Waals surface area contributed by atoms with Crippen molar-refractivity contribution in [3.05, 3.63) is 64.2 Å². The summed E-state index contributed by atoms with van der Waals surface area (Å²) in [6.07, 6.45) is 4.68. The molecule has 0 aromatic carbocycles. The Kier molecular flexibility index (Phi) is 4.23. The third kappa shape index (κ3) is 3.58. The predicted octanol–water partition coefficient (Wildman–Crippen LogP) is 0.548. The number of rotatable bonds is 6. The van der Waals surface area contributed by atoms with Gasteiger partial charge in [0.25, 0.3) is 0 Å². The maximum Gasteiger partial charge on any atom is 0.389 e. The highest BCUT2D eigenvalue weighted by atomic mass is 16.6. The molecule has 0 bridgehead atoms. The first-order valence-electron chi connectivity index (χ1n) is 6.79. The van der Waals surface area contributed by atoms with E-state index in [-0.39, 0.29) is 30.6 Å². The first kappa shape index (κ1) is 15.3. The lowest BCUT2D eigenvalue weighted by molar-refractivity contribution is -0.389. The summed E-state index contributed by atoms with van der Waals surface area (Å²) >= 11 is 0. The molecule has 0 aliphatic heterocycles. The minimum atomic E-state index is -0.607. The Balaban J connectivity index is 1.60. The average molecular weight is 329 g/mol. The fraction of sp³-hybridized carbons (Fsp3) is 0.154. The van der Waals surface area contributed by atoms with Crippen molar-refractivity contribution in [1.82, 2.24) is 30.2 Å². The van der Waals surface area contributed by atoms with Crippen LogP contribution in [0.1, 0.15) is 22.1 Å². The molecule has 0 spiro atoms. The molecule has 3 heterocycles. The molecule has 1 amide bonds. The smallest absolute Gasteiger partial charge is 0.358 e. The Morgan fingerprint density at radius 1 is 1.42 bits per heavy atom. The number of pyridine rings is 1. The van der Waals surface area contributed by atoms with Gasteiger partial charge in [0.15, 0.2) is 5.82 Å². The van der Waals surface area contributed by atoms with Gasteiger partial charge < -0.3 is 20.0 Å². The maximum absolute atomic E-state index is 11.9. The van der Waals surface area contributed by atoms with Gasteiger partial charge in [-0.2, -0.15) is 9.67 Å². The molecular weight excluding hydrogens is 318 g/mol. The van der Waals surface area contributed by atoms with Crippen LogP contribution in [0.25, 0.3) is 0 Å². The quantitative estimate of drug-likeness (QED) is 0.510. The summed E-state index contributed by atoms with van der Waals surface area (Å²) in [4.78, 5) is 29.8. The normalized spacial score (nSPS) is 10.5. The van der Waals surface area contributed by atoms with Gasteiger partial charge in [0.2, 0.25) is 0 Å². The zero-order chi connectivity index (χ0) is 16.9. The highest BCUT2D eigenvalue weighted by Crippen LogP contribution is 2.07. The van der Waals surface area contributed by atoms with E-state index in [0.717, 1.165) is 5.56 Å². The first-order valence-corrected chi connectivity index (χ1v) is 6.79. The van der Waals surface area contributed by atoms with Gasteiger partial charge in [-0.25, -0.2) is 0 Å². The van der Waals surface area contributed by atoms with Crippen LogP contribution >= 0.6 is 0 Å². The summed E-state index contributed by atoms with van der Waals surface area (Å²) < 4.78 is 6.16. The average Bonchev–Trinajstić information content (AvgIpc) is 3.24. The van der Waals surface area contributed by atoms with Crippen molar-refractivity contribution < 1.29 is 14.2 Å². The maximum atomic E-state index is 11.9. The third-order valence-corrected chi connectivity index (χ3v) is 2.96. The second-order valence-corrected chi connectivity index (χ2v) is 4.69. The van der Waals surface area contributed by atoms with Crippen LogP contribution < -0.4 is 5.32 Å². The van der Waals surface area contributed by atoms with Gasteiger partial charge in [0.05, 0.1) is 17.4 Å². The lowest BCUT2D eigenvalue weighted by Gasteiger charge is -2.00. The number of aromatic nitrogens is 5. The van der Waals surface area contributed by atoms with Crippen molar-refractivity contribution in [2.45, 2.75) is 13.1 Å². The van der Waals surface area contributed by atoms with Gasteiger partial charge in [-0.1, -0.05) is 11.2 Å². The molecule has 122 valence electrons. The van der Waals surface area contributed by atoms with Crippen LogP contribution in [0.2, 0.25) is 0 Å². The van der Waals surface area contributed by atoms with Crippen molar-refractivity contribution in [2.75, 3.05) is 0 Å². The van der Waals surface area contributed by atoms with Crippen LogP contribution in [0.15, 0.2) is 41.3 Å². The van der Waals surface area contributed by atoms with Gasteiger partial charge >= 0.3 is 17.6 Å². The number of nitro groups is 1. The highest BCUT2D eigenvalue weighted by molar-refractivity contribution is 5.89. The van der Waals surface area contributed by atoms with Crippen LogP contribution in [0.5, 0.6) is 0 Å². The molecule has 0 saturated heterocycles. The van der Waals surface area contributed by atoms with E-state index in [1.165, 1.54) is 16.9 Å². The molecule has 11 nitrogen and oxygen atoms in total. The van der Waals surface area contributed by atoms with Crippen LogP contribution in [0.4, 0.5) is 5.82 Å². The van der Waals surface area contributed by atoms with E-state index in [2.05, 4.69) is 25.5 Å². The van der Waals surface area contributed by atoms with Crippen molar-refractivity contribution in [2.24, 2.45) is 0 Å². The predicted molar refractivity (Wildman–Crippen MR) is 77.7 cm³/mol. The van der Waals surface area contributed by atoms with Gasteiger partial charge in [-0.3, -0.25) is 9.78 Å². The number of carbonyl (C=O) groups is 1. The molecule has 1 N–H and O–H groups in total. The second-order valence-electron chi connectivity index (χ2n) is 4.69. The van der Waals surface area contributed by atoms with E-state index in [9.17, 15) is 14.9 Å². The molecular formula is C13H11N7O4. The highest BCUT2D eigenvalue weighted by Gasteiger charge is 2.17. The fourth-order valence-electron chi connectivity index (χ4n) is 1.85. The molecule has 3 aromatic rings. The Morgan fingerprint density at radius 2 is 2.29 bits per heavy atom. The number of hydrogen-bond acceptors (Lipinski definition) is 8. The number of amides is 1. The monoisotopic (exact) mass is 329 g/mol. The number of nitrogens with one attached hydrogen (secondary N) is 1. The summed E-state index contributed by atoms with van der Waals surface area (Å²) in [6.45, 7) is 0.322. The Labute approximate surface area is 134 Å². The topological polar surface area (TPSA) is 142 Å². The summed E-state index contributed by atoms with van der Waals surface area (Å²) in [5.41, 5.74) is 0.828. The molecule has 0 atom stereocenters. The van der Waals surface area contributed by atoms with E-state index in [4.69, 9.17) is 4.52 Å². The third-order valence-electron chi connectivity index (χ3n) is 2.96. The first-order chi connectivity index (χ1) is 11.6.